The van der Waals surface area contributed by atoms with Gasteiger partial charge in [0.15, 0.2) is 21.2 Å². The van der Waals surface area contributed by atoms with Gasteiger partial charge in [-0.2, -0.15) is 8.42 Å². The Balaban J connectivity index is 3.56. The smallest absolute Gasteiger partial charge is 0.282 e. The third-order valence-electron chi connectivity index (χ3n) is 1.27. The number of hydrogen-bond acceptors (Lipinski definition) is 3. The summed E-state index contributed by atoms with van der Waals surface area (Å²) in [6, 6.07) is 4.38. The molecule has 1 N–H and O–H groups in total. The van der Waals surface area contributed by atoms with E-state index in [4.69, 9.17) is 4.55 Å². The van der Waals surface area contributed by atoms with E-state index in [9.17, 15) is 11.5 Å². The minimum Gasteiger partial charge on any atom is -0.282 e. The van der Waals surface area contributed by atoms with Crippen LogP contribution in [0.2, 0.25) is 0 Å². The lowest BCUT2D eigenvalue weighted by Crippen LogP contribution is -2.02. The molecule has 7 heteroatoms. The molecule has 0 aromatic heterocycles. The average Bonchev–Trinajstić information content (AvgIpc) is 2.02. The van der Waals surface area contributed by atoms with Crippen LogP contribution in [0.1, 0.15) is 0 Å². The Labute approximate surface area is 99.3 Å². The quantitative estimate of drug-likeness (QED) is 0.581. The molecular formula is C6H4I2O4S. The Morgan fingerprint density at radius 1 is 1.38 bits per heavy atom. The summed E-state index contributed by atoms with van der Waals surface area (Å²) < 4.78 is 41.9. The van der Waals surface area contributed by atoms with Gasteiger partial charge in [-0.25, -0.2) is 0 Å². The molecule has 4 nitrogen and oxygen atoms in total. The largest absolute Gasteiger partial charge is 0.295 e. The van der Waals surface area contributed by atoms with Crippen LogP contribution in [0.5, 0.6) is 0 Å². The molecule has 0 aliphatic carbocycles. The van der Waals surface area contributed by atoms with Gasteiger partial charge in [-0.1, -0.05) is 6.07 Å². The van der Waals surface area contributed by atoms with Crippen LogP contribution >= 0.6 is 43.8 Å². The highest BCUT2D eigenvalue weighted by Crippen LogP contribution is 2.25. The Hall–Kier alpha value is 0.390. The first-order valence-electron chi connectivity index (χ1n) is 3.00. The lowest BCUT2D eigenvalue weighted by atomic mass is 10.4. The zero-order chi connectivity index (χ0) is 10.1. The van der Waals surface area contributed by atoms with E-state index in [1.54, 1.807) is 6.07 Å². The molecule has 0 bridgehead atoms. The molecule has 0 amide bonds. The van der Waals surface area contributed by atoms with Crippen LogP contribution < -0.4 is 0 Å². The van der Waals surface area contributed by atoms with E-state index in [0.717, 1.165) is 0 Å². The maximum absolute atomic E-state index is 10.8. The van der Waals surface area contributed by atoms with E-state index >= 15 is 0 Å². The SMILES string of the molecule is O=Ic1c(I)cccc1S(=O)(=O)O. The fourth-order valence-corrected chi connectivity index (χ4v) is 4.42. The molecule has 0 unspecified atom stereocenters. The predicted molar refractivity (Wildman–Crippen MR) is 62.4 cm³/mol. The Morgan fingerprint density at radius 2 is 2.00 bits per heavy atom. The van der Waals surface area contributed by atoms with Gasteiger partial charge in [0.1, 0.15) is 4.90 Å². The van der Waals surface area contributed by atoms with E-state index in [2.05, 4.69) is 0 Å². The maximum Gasteiger partial charge on any atom is 0.295 e. The highest BCUT2D eigenvalue weighted by atomic mass is 127. The van der Waals surface area contributed by atoms with Crippen LogP contribution in [0.25, 0.3) is 0 Å². The lowest BCUT2D eigenvalue weighted by Gasteiger charge is -2.00. The minimum absolute atomic E-state index is 0.226. The first-order chi connectivity index (χ1) is 5.96. The molecular weight excluding hydrogens is 422 g/mol. The number of rotatable bonds is 2. The highest BCUT2D eigenvalue weighted by molar-refractivity contribution is 14.2. The summed E-state index contributed by atoms with van der Waals surface area (Å²) in [6.07, 6.45) is 0. The molecule has 13 heavy (non-hydrogen) atoms. The second kappa shape index (κ2) is 4.28. The van der Waals surface area contributed by atoms with E-state index in [-0.39, 0.29) is 8.47 Å². The number of halogens is 2. The zero-order valence-electron chi connectivity index (χ0n) is 6.07. The first kappa shape index (κ1) is 11.5. The summed E-state index contributed by atoms with van der Waals surface area (Å²) in [5.74, 6) is 0. The molecule has 1 aromatic carbocycles. The second-order valence-corrected chi connectivity index (χ2v) is 6.18. The van der Waals surface area contributed by atoms with Crippen molar-refractivity contribution in [2.24, 2.45) is 0 Å². The van der Waals surface area contributed by atoms with Crippen LogP contribution in [-0.2, 0) is 13.2 Å². The van der Waals surface area contributed by atoms with Crippen molar-refractivity contribution < 1.29 is 16.0 Å². The highest BCUT2D eigenvalue weighted by Gasteiger charge is 2.17. The third-order valence-corrected chi connectivity index (χ3v) is 6.07. The van der Waals surface area contributed by atoms with Gasteiger partial charge in [-0.05, 0) is 34.7 Å². The zero-order valence-corrected chi connectivity index (χ0v) is 11.2. The summed E-state index contributed by atoms with van der Waals surface area (Å²) in [4.78, 5) is -0.248. The van der Waals surface area contributed by atoms with Crippen LogP contribution in [0.15, 0.2) is 23.1 Å². The van der Waals surface area contributed by atoms with Crippen molar-refractivity contribution in [3.05, 3.63) is 25.3 Å². The normalized spacial score (nSPS) is 11.5. The maximum atomic E-state index is 10.8. The summed E-state index contributed by atoms with van der Waals surface area (Å²) in [6.45, 7) is 0. The monoisotopic (exact) mass is 426 g/mol. The van der Waals surface area contributed by atoms with Crippen molar-refractivity contribution in [1.29, 1.82) is 0 Å². The van der Waals surface area contributed by atoms with Gasteiger partial charge in [0.2, 0.25) is 0 Å². The van der Waals surface area contributed by atoms with Gasteiger partial charge in [0.05, 0.1) is 3.57 Å². The molecule has 0 aliphatic rings. The first-order valence-corrected chi connectivity index (χ1v) is 7.47. The van der Waals surface area contributed by atoms with Crippen molar-refractivity contribution in [2.45, 2.75) is 4.90 Å². The van der Waals surface area contributed by atoms with E-state index in [0.29, 0.717) is 3.57 Å². The molecule has 0 saturated heterocycles. The molecule has 0 atom stereocenters. The van der Waals surface area contributed by atoms with Gasteiger partial charge in [0.25, 0.3) is 10.1 Å². The molecule has 1 rings (SSSR count). The van der Waals surface area contributed by atoms with Gasteiger partial charge in [-0.3, -0.25) is 7.62 Å². The topological polar surface area (TPSA) is 71.4 Å². The van der Waals surface area contributed by atoms with Crippen molar-refractivity contribution >= 4 is 53.9 Å². The Bertz CT molecular complexity index is 440. The minimum atomic E-state index is -4.25. The van der Waals surface area contributed by atoms with Crippen LogP contribution in [0.4, 0.5) is 0 Å². The van der Waals surface area contributed by atoms with E-state index in [1.165, 1.54) is 12.1 Å². The van der Waals surface area contributed by atoms with Gasteiger partial charge < -0.3 is 0 Å². The summed E-state index contributed by atoms with van der Waals surface area (Å²) in [5.41, 5.74) is 0. The molecule has 0 fully saturated rings. The molecule has 72 valence electrons. The van der Waals surface area contributed by atoms with Crippen molar-refractivity contribution in [3.63, 3.8) is 0 Å². The van der Waals surface area contributed by atoms with Crippen molar-refractivity contribution in [2.75, 3.05) is 0 Å². The average molecular weight is 426 g/mol. The second-order valence-electron chi connectivity index (χ2n) is 2.10. The Morgan fingerprint density at radius 3 is 2.38 bits per heavy atom. The number of benzene rings is 1. The standard InChI is InChI=1S/C6H4I2O4S/c7-4-2-1-3-5(6(4)8-9)13(10,11)12/h1-3H,(H,10,11,12). The van der Waals surface area contributed by atoms with E-state index in [1.807, 2.05) is 22.6 Å². The van der Waals surface area contributed by atoms with Crippen molar-refractivity contribution in [1.82, 2.24) is 0 Å². The predicted octanol–water partition coefficient (Wildman–Crippen LogP) is 2.02. The van der Waals surface area contributed by atoms with Crippen LogP contribution in [-0.4, -0.2) is 13.0 Å². The molecule has 1 aromatic rings. The molecule has 0 saturated carbocycles. The molecule has 0 spiro atoms. The van der Waals surface area contributed by atoms with Gasteiger partial charge in [-0.15, -0.1) is 0 Å². The number of hydrogen-bond donors (Lipinski definition) is 1. The van der Waals surface area contributed by atoms with Gasteiger partial charge in [0, 0.05) is 3.57 Å². The fraction of sp³-hybridized carbons (Fsp3) is 0. The third kappa shape index (κ3) is 2.67. The summed E-state index contributed by atoms with van der Waals surface area (Å²) in [5, 5.41) is 0. The lowest BCUT2D eigenvalue weighted by molar-refractivity contribution is 0.482. The van der Waals surface area contributed by atoms with Crippen molar-refractivity contribution in [3.8, 4) is 0 Å². The molecule has 0 aliphatic heterocycles. The summed E-state index contributed by atoms with van der Waals surface area (Å²) >= 11 is 0.281. The van der Waals surface area contributed by atoms with E-state index < -0.39 is 31.3 Å². The van der Waals surface area contributed by atoms with Gasteiger partial charge >= 0.3 is 0 Å². The molecule has 0 heterocycles. The Kier molecular flexibility index (Phi) is 3.77. The summed E-state index contributed by atoms with van der Waals surface area (Å²) in [7, 11) is -4.25. The molecule has 0 radical (unpaired) electrons. The van der Waals surface area contributed by atoms with Crippen LogP contribution in [0, 0.1) is 7.14 Å². The van der Waals surface area contributed by atoms with Crippen LogP contribution in [0.3, 0.4) is 0 Å². The fourth-order valence-electron chi connectivity index (χ4n) is 0.758.